The van der Waals surface area contributed by atoms with Crippen molar-refractivity contribution in [3.05, 3.63) is 71.4 Å². The van der Waals surface area contributed by atoms with Crippen LogP contribution in [0.15, 0.2) is 66.0 Å². The number of unbranched alkanes of at least 4 members (excludes halogenated alkanes) is 1. The van der Waals surface area contributed by atoms with Crippen molar-refractivity contribution in [3.63, 3.8) is 0 Å². The van der Waals surface area contributed by atoms with Gasteiger partial charge in [0.15, 0.2) is 5.16 Å². The highest BCUT2D eigenvalue weighted by molar-refractivity contribution is 7.99. The molecule has 8 nitrogen and oxygen atoms in total. The maximum atomic E-state index is 13.9. The number of thioether (sulfide) groups is 1. The molecule has 0 bridgehead atoms. The number of amides is 2. The van der Waals surface area contributed by atoms with Gasteiger partial charge in [-0.25, -0.2) is 9.78 Å². The van der Waals surface area contributed by atoms with Gasteiger partial charge in [0.1, 0.15) is 5.54 Å². The molecule has 224 valence electrons. The smallest absolute Gasteiger partial charge is 0.405 e. The fourth-order valence-corrected chi connectivity index (χ4v) is 7.13. The quantitative estimate of drug-likeness (QED) is 0.133. The van der Waals surface area contributed by atoms with E-state index in [-0.39, 0.29) is 18.3 Å². The van der Waals surface area contributed by atoms with Gasteiger partial charge in [-0.2, -0.15) is 0 Å². The molecule has 1 saturated carbocycles. The molecule has 1 aliphatic rings. The number of hydrogen-bond donors (Lipinski definition) is 3. The highest BCUT2D eigenvalue weighted by atomic mass is 35.5. The third-order valence-corrected chi connectivity index (χ3v) is 9.92. The van der Waals surface area contributed by atoms with Crippen LogP contribution in [-0.4, -0.2) is 43.7 Å². The number of aromatic nitrogens is 2. The number of nitrogens with zero attached hydrogens (tertiary/aromatic N) is 2. The van der Waals surface area contributed by atoms with Crippen LogP contribution < -0.4 is 10.6 Å². The van der Waals surface area contributed by atoms with Crippen LogP contribution in [0, 0.1) is 5.41 Å². The lowest BCUT2D eigenvalue weighted by molar-refractivity contribution is -0.143. The first-order valence-corrected chi connectivity index (χ1v) is 15.8. The summed E-state index contributed by atoms with van der Waals surface area (Å²) in [5.41, 5.74) is 1.00. The van der Waals surface area contributed by atoms with Crippen LogP contribution in [0.3, 0.4) is 0 Å². The molecule has 0 spiro atoms. The van der Waals surface area contributed by atoms with Gasteiger partial charge in [0.2, 0.25) is 5.78 Å². The Hall–Kier alpha value is -3.30. The third kappa shape index (κ3) is 7.36. The van der Waals surface area contributed by atoms with Crippen LogP contribution in [0.1, 0.15) is 70.4 Å². The lowest BCUT2D eigenvalue weighted by atomic mass is 9.62. The van der Waals surface area contributed by atoms with Gasteiger partial charge in [-0.3, -0.25) is 9.59 Å². The van der Waals surface area contributed by atoms with Gasteiger partial charge in [-0.15, -0.1) is 0 Å². The molecular weight excluding hydrogens is 572 g/mol. The number of carboxylic acid groups (broad SMARTS) is 1. The maximum absolute atomic E-state index is 13.9. The maximum Gasteiger partial charge on any atom is 0.405 e. The molecule has 2 atom stereocenters. The van der Waals surface area contributed by atoms with E-state index in [1.807, 2.05) is 86.3 Å². The van der Waals surface area contributed by atoms with Gasteiger partial charge in [-0.05, 0) is 61.3 Å². The summed E-state index contributed by atoms with van der Waals surface area (Å²) in [7, 11) is 1.96. The molecular formula is C32H39ClN4O4S. The summed E-state index contributed by atoms with van der Waals surface area (Å²) >= 11 is 7.66. The molecule has 4 rings (SSSR count). The van der Waals surface area contributed by atoms with E-state index in [0.717, 1.165) is 47.7 Å². The first-order valence-electron chi connectivity index (χ1n) is 14.4. The second-order valence-corrected chi connectivity index (χ2v) is 12.7. The van der Waals surface area contributed by atoms with Gasteiger partial charge < -0.3 is 20.3 Å². The molecule has 0 aliphatic heterocycles. The highest BCUT2D eigenvalue weighted by Gasteiger charge is 2.51. The Labute approximate surface area is 256 Å². The average Bonchev–Trinajstić information content (AvgIpc) is 3.33. The van der Waals surface area contributed by atoms with Crippen molar-refractivity contribution in [1.82, 2.24) is 20.2 Å². The Bertz CT molecular complexity index is 1390. The number of ketones is 1. The molecule has 2 aromatic carbocycles. The van der Waals surface area contributed by atoms with Crippen molar-refractivity contribution >= 4 is 41.1 Å². The average molecular weight is 611 g/mol. The van der Waals surface area contributed by atoms with Crippen molar-refractivity contribution < 1.29 is 19.5 Å². The van der Waals surface area contributed by atoms with E-state index in [2.05, 4.69) is 15.6 Å². The van der Waals surface area contributed by atoms with Crippen LogP contribution >= 0.6 is 23.4 Å². The number of nitrogens with one attached hydrogen (secondary N) is 2. The van der Waals surface area contributed by atoms with E-state index in [1.165, 1.54) is 0 Å². The molecule has 3 N–H and O–H groups in total. The summed E-state index contributed by atoms with van der Waals surface area (Å²) in [5.74, 6) is -0.836. The Morgan fingerprint density at radius 2 is 1.83 bits per heavy atom. The zero-order valence-corrected chi connectivity index (χ0v) is 25.9. The lowest BCUT2D eigenvalue weighted by Gasteiger charge is -2.47. The Morgan fingerprint density at radius 3 is 2.43 bits per heavy atom. The predicted molar refractivity (Wildman–Crippen MR) is 167 cm³/mol. The second-order valence-electron chi connectivity index (χ2n) is 11.4. The SMILES string of the molecule is CCCCC(CC1(CSc2ncc(-c3ccc(Cl)cc3)n2C)CCC1)(NC(=O)O)C(=O)C(=O)N[C@H](C)c1ccccc1. The summed E-state index contributed by atoms with van der Waals surface area (Å²) in [6.45, 7) is 3.80. The number of hydrogen-bond acceptors (Lipinski definition) is 5. The van der Waals surface area contributed by atoms with Crippen molar-refractivity contribution in [2.45, 2.75) is 75.5 Å². The molecule has 2 amide bonds. The summed E-state index contributed by atoms with van der Waals surface area (Å²) in [6, 6.07) is 16.6. The lowest BCUT2D eigenvalue weighted by Crippen LogP contribution is -2.61. The molecule has 1 aliphatic carbocycles. The topological polar surface area (TPSA) is 113 Å². The van der Waals surface area contributed by atoms with Gasteiger partial charge >= 0.3 is 6.09 Å². The zero-order valence-electron chi connectivity index (χ0n) is 24.4. The van der Waals surface area contributed by atoms with Crippen molar-refractivity contribution in [2.75, 3.05) is 5.75 Å². The largest absolute Gasteiger partial charge is 0.465 e. The van der Waals surface area contributed by atoms with Gasteiger partial charge in [-0.1, -0.05) is 92.0 Å². The molecule has 3 aromatic rings. The van der Waals surface area contributed by atoms with E-state index >= 15 is 0 Å². The fourth-order valence-electron chi connectivity index (χ4n) is 5.76. The molecule has 10 heteroatoms. The van der Waals surface area contributed by atoms with Crippen molar-refractivity contribution in [3.8, 4) is 11.3 Å². The molecule has 0 radical (unpaired) electrons. The van der Waals surface area contributed by atoms with Crippen LogP contribution in [0.25, 0.3) is 11.3 Å². The molecule has 1 aromatic heterocycles. The minimum Gasteiger partial charge on any atom is -0.465 e. The minimum absolute atomic E-state index is 0.261. The van der Waals surface area contributed by atoms with Crippen molar-refractivity contribution in [2.24, 2.45) is 12.5 Å². The highest BCUT2D eigenvalue weighted by Crippen LogP contribution is 2.51. The molecule has 1 fully saturated rings. The summed E-state index contributed by atoms with van der Waals surface area (Å²) in [5, 5.41) is 16.7. The summed E-state index contributed by atoms with van der Waals surface area (Å²) < 4.78 is 2.03. The second kappa shape index (κ2) is 13.8. The Morgan fingerprint density at radius 1 is 1.14 bits per heavy atom. The number of carbonyl (C=O) groups excluding carboxylic acids is 2. The zero-order chi connectivity index (χ0) is 30.3. The third-order valence-electron chi connectivity index (χ3n) is 8.28. The number of halogens is 1. The van der Waals surface area contributed by atoms with Crippen LogP contribution in [-0.2, 0) is 16.6 Å². The number of carbonyl (C=O) groups is 3. The molecule has 1 heterocycles. The molecule has 0 saturated heterocycles. The molecule has 42 heavy (non-hydrogen) atoms. The number of rotatable bonds is 14. The van der Waals surface area contributed by atoms with E-state index in [0.29, 0.717) is 17.2 Å². The fraction of sp³-hybridized carbons (Fsp3) is 0.438. The normalized spacial score (nSPS) is 16.1. The first-order chi connectivity index (χ1) is 20.1. The number of imidazole rings is 1. The minimum atomic E-state index is -1.51. The van der Waals surface area contributed by atoms with Crippen LogP contribution in [0.4, 0.5) is 4.79 Å². The Kier molecular flexibility index (Phi) is 10.4. The van der Waals surface area contributed by atoms with E-state index in [4.69, 9.17) is 11.6 Å². The first kappa shape index (κ1) is 31.6. The standard InChI is InChI=1S/C32H39ClN4O4S/c1-4-5-18-32(36-30(40)41,27(38)28(39)35-22(2)23-10-7-6-8-11-23)20-31(16-9-17-31)21-42-29-34-19-26(37(29)3)24-12-14-25(33)15-13-24/h6-8,10-15,19,22,36H,4-5,9,16-18,20-21H2,1-3H3,(H,35,39)(H,40,41)/t22-,32?/m1/s1. The summed E-state index contributed by atoms with van der Waals surface area (Å²) in [4.78, 5) is 44.1. The van der Waals surface area contributed by atoms with Crippen LogP contribution in [0.5, 0.6) is 0 Å². The van der Waals surface area contributed by atoms with Gasteiger partial charge in [0, 0.05) is 17.8 Å². The monoisotopic (exact) mass is 610 g/mol. The predicted octanol–water partition coefficient (Wildman–Crippen LogP) is 7.04. The van der Waals surface area contributed by atoms with Gasteiger partial charge in [0.05, 0.1) is 17.9 Å². The van der Waals surface area contributed by atoms with Gasteiger partial charge in [0.25, 0.3) is 5.91 Å². The number of Topliss-reactive ketones (excluding diaryl/α,β-unsaturated/α-hetero) is 1. The number of benzene rings is 2. The summed E-state index contributed by atoms with van der Waals surface area (Å²) in [6.07, 6.45) is 5.11. The van der Waals surface area contributed by atoms with E-state index in [9.17, 15) is 19.5 Å². The van der Waals surface area contributed by atoms with E-state index in [1.54, 1.807) is 11.8 Å². The van der Waals surface area contributed by atoms with Crippen molar-refractivity contribution in [1.29, 1.82) is 0 Å². The molecule has 1 unspecified atom stereocenters. The Balaban J connectivity index is 1.55. The van der Waals surface area contributed by atoms with E-state index < -0.39 is 29.4 Å². The van der Waals surface area contributed by atoms with Crippen LogP contribution in [0.2, 0.25) is 5.02 Å².